The molecule has 6 heteroatoms. The molecule has 1 heterocycles. The summed E-state index contributed by atoms with van der Waals surface area (Å²) in [6, 6.07) is 18.3. The molecule has 0 aliphatic rings. The van der Waals surface area contributed by atoms with Crippen molar-refractivity contribution >= 4 is 11.9 Å². The van der Waals surface area contributed by atoms with E-state index in [0.29, 0.717) is 30.3 Å². The van der Waals surface area contributed by atoms with Crippen LogP contribution in [0.5, 0.6) is 0 Å². The minimum Gasteiger partial charge on any atom is -0.442 e. The van der Waals surface area contributed by atoms with Gasteiger partial charge in [0.05, 0.1) is 0 Å². The number of likely N-dealkylation sites (N-methyl/N-ethyl adjacent to an activating group) is 1. The van der Waals surface area contributed by atoms with Gasteiger partial charge >= 0.3 is 5.97 Å². The van der Waals surface area contributed by atoms with Crippen LogP contribution in [0.25, 0.3) is 11.5 Å². The highest BCUT2D eigenvalue weighted by Gasteiger charge is 2.30. The summed E-state index contributed by atoms with van der Waals surface area (Å²) < 4.78 is 11.3. The van der Waals surface area contributed by atoms with Gasteiger partial charge in [0.1, 0.15) is 5.76 Å². The highest BCUT2D eigenvalue weighted by molar-refractivity contribution is 5.92. The van der Waals surface area contributed by atoms with E-state index in [2.05, 4.69) is 4.98 Å². The Kier molecular flexibility index (Phi) is 6.44. The van der Waals surface area contributed by atoms with Crippen LogP contribution in [0.1, 0.15) is 41.8 Å². The van der Waals surface area contributed by atoms with Crippen molar-refractivity contribution in [1.29, 1.82) is 0 Å². The number of ether oxygens (including phenoxy) is 1. The molecule has 150 valence electrons. The number of hydrogen-bond donors (Lipinski definition) is 0. The molecule has 0 saturated carbocycles. The number of aryl methyl sites for hydroxylation is 1. The molecule has 0 spiro atoms. The number of carbonyl (C=O) groups excluding carboxylic acids is 2. The van der Waals surface area contributed by atoms with Crippen molar-refractivity contribution in [2.45, 2.75) is 26.9 Å². The van der Waals surface area contributed by atoms with Gasteiger partial charge in [0, 0.05) is 24.2 Å². The second-order valence-electron chi connectivity index (χ2n) is 6.50. The predicted molar refractivity (Wildman–Crippen MR) is 109 cm³/mol. The van der Waals surface area contributed by atoms with Gasteiger partial charge in [0.2, 0.25) is 12.0 Å². The Bertz CT molecular complexity index is 963. The summed E-state index contributed by atoms with van der Waals surface area (Å²) >= 11 is 0. The van der Waals surface area contributed by atoms with Crippen LogP contribution in [-0.2, 0) is 9.53 Å². The molecule has 29 heavy (non-hydrogen) atoms. The lowest BCUT2D eigenvalue weighted by molar-refractivity contribution is -0.140. The zero-order valence-electron chi connectivity index (χ0n) is 16.8. The van der Waals surface area contributed by atoms with Gasteiger partial charge in [0.25, 0.3) is 5.91 Å². The number of hydrogen-bond acceptors (Lipinski definition) is 5. The lowest BCUT2D eigenvalue weighted by atomic mass is 10.1. The first-order valence-electron chi connectivity index (χ1n) is 9.62. The summed E-state index contributed by atoms with van der Waals surface area (Å²) in [6.07, 6.45) is -1.04. The Labute approximate surface area is 170 Å². The molecule has 0 unspecified atom stereocenters. The molecule has 6 nitrogen and oxygen atoms in total. The highest BCUT2D eigenvalue weighted by atomic mass is 16.5. The van der Waals surface area contributed by atoms with Crippen molar-refractivity contribution in [3.8, 4) is 11.5 Å². The first kappa shape index (κ1) is 20.3. The normalized spacial score (nSPS) is 11.7. The van der Waals surface area contributed by atoms with Gasteiger partial charge in [-0.15, -0.1) is 0 Å². The zero-order chi connectivity index (χ0) is 20.8. The Hall–Kier alpha value is -3.41. The van der Waals surface area contributed by atoms with Gasteiger partial charge in [-0.05, 0) is 32.9 Å². The molecule has 0 fully saturated rings. The highest BCUT2D eigenvalue weighted by Crippen LogP contribution is 2.25. The minimum absolute atomic E-state index is 0.0668. The number of carbonyl (C=O) groups is 2. The van der Waals surface area contributed by atoms with Crippen LogP contribution < -0.4 is 0 Å². The lowest BCUT2D eigenvalue weighted by Crippen LogP contribution is -2.36. The number of rotatable bonds is 7. The monoisotopic (exact) mass is 392 g/mol. The maximum atomic E-state index is 13.0. The summed E-state index contributed by atoms with van der Waals surface area (Å²) in [5.41, 5.74) is 1.44. The van der Waals surface area contributed by atoms with Crippen molar-refractivity contribution in [3.63, 3.8) is 0 Å². The van der Waals surface area contributed by atoms with Crippen LogP contribution in [-0.4, -0.2) is 34.8 Å². The second kappa shape index (κ2) is 9.19. The van der Waals surface area contributed by atoms with Gasteiger partial charge in [-0.25, -0.2) is 9.78 Å². The first-order chi connectivity index (χ1) is 14.0. The molecule has 3 aromatic rings. The van der Waals surface area contributed by atoms with Crippen LogP contribution in [0.2, 0.25) is 0 Å². The number of amides is 1. The van der Waals surface area contributed by atoms with Crippen molar-refractivity contribution < 1.29 is 18.7 Å². The molecular formula is C23H24N2O4. The van der Waals surface area contributed by atoms with Crippen LogP contribution in [0.3, 0.4) is 0 Å². The van der Waals surface area contributed by atoms with Crippen LogP contribution in [0.15, 0.2) is 65.1 Å². The van der Waals surface area contributed by atoms with E-state index in [-0.39, 0.29) is 11.6 Å². The molecule has 0 saturated heterocycles. The third kappa shape index (κ3) is 4.54. The summed E-state index contributed by atoms with van der Waals surface area (Å²) in [5.74, 6) is -0.279. The number of esters is 1. The Morgan fingerprint density at radius 2 is 1.59 bits per heavy atom. The summed E-state index contributed by atoms with van der Waals surface area (Å²) in [4.78, 5) is 31.8. The van der Waals surface area contributed by atoms with E-state index in [1.165, 1.54) is 0 Å². The molecule has 0 radical (unpaired) electrons. The molecule has 2 aromatic carbocycles. The Morgan fingerprint density at radius 3 is 2.17 bits per heavy atom. The summed E-state index contributed by atoms with van der Waals surface area (Å²) in [7, 11) is 0. The third-order valence-electron chi connectivity index (χ3n) is 4.64. The van der Waals surface area contributed by atoms with E-state index in [4.69, 9.17) is 9.15 Å². The minimum atomic E-state index is -1.04. The van der Waals surface area contributed by atoms with Gasteiger partial charge in [-0.3, -0.25) is 4.79 Å². The molecule has 1 amide bonds. The fourth-order valence-corrected chi connectivity index (χ4v) is 3.04. The third-order valence-corrected chi connectivity index (χ3v) is 4.64. The predicted octanol–water partition coefficient (Wildman–Crippen LogP) is 4.42. The van der Waals surface area contributed by atoms with Crippen molar-refractivity contribution in [2.75, 3.05) is 13.1 Å². The maximum absolute atomic E-state index is 13.0. The van der Waals surface area contributed by atoms with Crippen molar-refractivity contribution in [2.24, 2.45) is 0 Å². The number of nitrogens with zero attached hydrogens (tertiary/aromatic N) is 2. The molecule has 0 aliphatic heterocycles. The fourth-order valence-electron chi connectivity index (χ4n) is 3.04. The largest absolute Gasteiger partial charge is 0.442 e. The SMILES string of the molecule is CCN(CC)C(=O)[C@@H](OC(=O)c1nc(-c2ccccc2)oc1C)c1ccccc1. The quantitative estimate of drug-likeness (QED) is 0.557. The van der Waals surface area contributed by atoms with Crippen molar-refractivity contribution in [3.05, 3.63) is 77.7 Å². The summed E-state index contributed by atoms with van der Waals surface area (Å²) in [6.45, 7) is 6.48. The van der Waals surface area contributed by atoms with Gasteiger partial charge in [-0.1, -0.05) is 48.5 Å². The smallest absolute Gasteiger partial charge is 0.361 e. The van der Waals surface area contributed by atoms with Gasteiger partial charge in [-0.2, -0.15) is 0 Å². The van der Waals surface area contributed by atoms with E-state index >= 15 is 0 Å². The topological polar surface area (TPSA) is 72.6 Å². The van der Waals surface area contributed by atoms with E-state index < -0.39 is 12.1 Å². The average Bonchev–Trinajstić information content (AvgIpc) is 3.15. The lowest BCUT2D eigenvalue weighted by Gasteiger charge is -2.25. The average molecular weight is 392 g/mol. The molecule has 0 N–H and O–H groups in total. The standard InChI is InChI=1S/C23H24N2O4/c1-4-25(5-2)22(26)20(17-12-8-6-9-13-17)29-23(27)19-16(3)28-21(24-19)18-14-10-7-11-15-18/h6-15,20H,4-5H2,1-3H3/t20-/m0/s1. The second-order valence-corrected chi connectivity index (χ2v) is 6.50. The fraction of sp³-hybridized carbons (Fsp3) is 0.261. The molecule has 3 rings (SSSR count). The molecule has 1 aromatic heterocycles. The van der Waals surface area contributed by atoms with Crippen molar-refractivity contribution in [1.82, 2.24) is 9.88 Å². The van der Waals surface area contributed by atoms with Gasteiger partial charge < -0.3 is 14.1 Å². The molecule has 0 bridgehead atoms. The number of aromatic nitrogens is 1. The molecular weight excluding hydrogens is 368 g/mol. The van der Waals surface area contributed by atoms with Crippen LogP contribution in [0, 0.1) is 6.92 Å². The Balaban J connectivity index is 1.89. The van der Waals surface area contributed by atoms with Crippen LogP contribution in [0.4, 0.5) is 0 Å². The molecule has 0 aliphatic carbocycles. The summed E-state index contributed by atoms with van der Waals surface area (Å²) in [5, 5.41) is 0. The van der Waals surface area contributed by atoms with E-state index in [9.17, 15) is 9.59 Å². The maximum Gasteiger partial charge on any atom is 0.361 e. The first-order valence-corrected chi connectivity index (χ1v) is 9.62. The molecule has 1 atom stereocenters. The van der Waals surface area contributed by atoms with E-state index in [0.717, 1.165) is 5.56 Å². The number of oxazole rings is 1. The Morgan fingerprint density at radius 1 is 1.00 bits per heavy atom. The zero-order valence-corrected chi connectivity index (χ0v) is 16.8. The number of benzene rings is 2. The van der Waals surface area contributed by atoms with Gasteiger partial charge in [0.15, 0.2) is 5.69 Å². The van der Waals surface area contributed by atoms with Crippen LogP contribution >= 0.6 is 0 Å². The van der Waals surface area contributed by atoms with E-state index in [1.807, 2.05) is 50.2 Å². The van der Waals surface area contributed by atoms with E-state index in [1.54, 1.807) is 36.1 Å².